The van der Waals surface area contributed by atoms with E-state index >= 15 is 0 Å². The minimum atomic E-state index is -1.49. The van der Waals surface area contributed by atoms with E-state index in [2.05, 4.69) is 5.32 Å². The average Bonchev–Trinajstić information content (AvgIpc) is 2.45. The van der Waals surface area contributed by atoms with Gasteiger partial charge in [0.2, 0.25) is 5.91 Å². The number of hydrogen-bond donors (Lipinski definition) is 5. The number of aliphatic hydroxyl groups excluding tert-OH is 4. The minimum Gasteiger partial charge on any atom is -0.394 e. The lowest BCUT2D eigenvalue weighted by atomic mass is 9.92. The molecule has 5 atom stereocenters. The Labute approximate surface area is 116 Å². The second kappa shape index (κ2) is 7.65. The summed E-state index contributed by atoms with van der Waals surface area (Å²) in [7, 11) is 1.46. The highest BCUT2D eigenvalue weighted by molar-refractivity contribution is 5.85. The van der Waals surface area contributed by atoms with Gasteiger partial charge in [-0.2, -0.15) is 0 Å². The quantitative estimate of drug-likeness (QED) is 0.359. The Morgan fingerprint density at radius 1 is 1.05 bits per heavy atom. The van der Waals surface area contributed by atoms with Crippen LogP contribution in [0.1, 0.15) is 19.3 Å². The van der Waals surface area contributed by atoms with Gasteiger partial charge < -0.3 is 30.5 Å². The molecule has 8 heteroatoms. The fourth-order valence-electron chi connectivity index (χ4n) is 2.05. The highest BCUT2D eigenvalue weighted by Crippen LogP contribution is 2.23. The molecule has 0 saturated carbocycles. The Bertz CT molecular complexity index is 347. The smallest absolute Gasteiger partial charge is 0.220 e. The summed E-state index contributed by atoms with van der Waals surface area (Å²) < 4.78 is 5.20. The van der Waals surface area contributed by atoms with Crippen molar-refractivity contribution in [3.63, 3.8) is 0 Å². The van der Waals surface area contributed by atoms with E-state index in [1.165, 1.54) is 7.05 Å². The number of ether oxygens (including phenoxy) is 1. The molecule has 0 radical (unpaired) electrons. The van der Waals surface area contributed by atoms with Crippen LogP contribution in [0, 0.1) is 0 Å². The van der Waals surface area contributed by atoms with E-state index in [9.17, 15) is 24.9 Å². The highest BCUT2D eigenvalue weighted by Gasteiger charge is 2.43. The van der Waals surface area contributed by atoms with Gasteiger partial charge in [0.05, 0.1) is 12.7 Å². The number of nitrogens with one attached hydrogen (secondary N) is 1. The molecule has 8 nitrogen and oxygen atoms in total. The number of hydrogen-bond acceptors (Lipinski definition) is 7. The summed E-state index contributed by atoms with van der Waals surface area (Å²) in [6, 6.07) is 0. The average molecular weight is 291 g/mol. The summed E-state index contributed by atoms with van der Waals surface area (Å²) in [5.74, 6) is -0.579. The molecule has 0 aliphatic carbocycles. The van der Waals surface area contributed by atoms with Crippen LogP contribution in [-0.4, -0.2) is 76.3 Å². The molecular formula is C12H21NO7. The molecule has 1 heterocycles. The number of carbonyl (C=O) groups excluding carboxylic acids is 2. The summed E-state index contributed by atoms with van der Waals surface area (Å²) >= 11 is 0. The molecule has 0 aromatic heterocycles. The van der Waals surface area contributed by atoms with Crippen molar-refractivity contribution in [2.24, 2.45) is 0 Å². The SMILES string of the molecule is CNC(=O)CCC(=O)C[C@H]1OC(CO)[C@H](O)C(O)[C@H]1O. The van der Waals surface area contributed by atoms with Crippen LogP contribution in [-0.2, 0) is 14.3 Å². The van der Waals surface area contributed by atoms with Gasteiger partial charge >= 0.3 is 0 Å². The first-order valence-electron chi connectivity index (χ1n) is 6.43. The fraction of sp³-hybridized carbons (Fsp3) is 0.833. The van der Waals surface area contributed by atoms with Crippen LogP contribution < -0.4 is 5.32 Å². The topological polar surface area (TPSA) is 136 Å². The molecule has 1 fully saturated rings. The lowest BCUT2D eigenvalue weighted by molar-refractivity contribution is -0.229. The first-order valence-corrected chi connectivity index (χ1v) is 6.43. The Balaban J connectivity index is 2.53. The second-order valence-corrected chi connectivity index (χ2v) is 4.78. The third kappa shape index (κ3) is 4.22. The van der Waals surface area contributed by atoms with Crippen molar-refractivity contribution in [3.05, 3.63) is 0 Å². The van der Waals surface area contributed by atoms with Crippen molar-refractivity contribution in [1.29, 1.82) is 0 Å². The molecule has 1 amide bonds. The lowest BCUT2D eigenvalue weighted by Crippen LogP contribution is -2.58. The summed E-state index contributed by atoms with van der Waals surface area (Å²) in [6.45, 7) is -0.534. The predicted molar refractivity (Wildman–Crippen MR) is 66.7 cm³/mol. The first-order chi connectivity index (χ1) is 9.40. The molecule has 5 N–H and O–H groups in total. The van der Waals surface area contributed by atoms with Crippen LogP contribution in [0.25, 0.3) is 0 Å². The van der Waals surface area contributed by atoms with Crippen LogP contribution >= 0.6 is 0 Å². The number of aliphatic hydroxyl groups is 4. The minimum absolute atomic E-state index is 0.00526. The summed E-state index contributed by atoms with van der Waals surface area (Å²) in [4.78, 5) is 22.7. The summed E-state index contributed by atoms with van der Waals surface area (Å²) in [6.07, 6.45) is -6.55. The molecule has 116 valence electrons. The van der Waals surface area contributed by atoms with E-state index in [-0.39, 0.29) is 31.0 Å². The maximum Gasteiger partial charge on any atom is 0.220 e. The van der Waals surface area contributed by atoms with E-state index in [4.69, 9.17) is 9.84 Å². The van der Waals surface area contributed by atoms with E-state index < -0.39 is 37.1 Å². The maximum absolute atomic E-state index is 11.7. The monoisotopic (exact) mass is 291 g/mol. The van der Waals surface area contributed by atoms with Crippen molar-refractivity contribution in [1.82, 2.24) is 5.32 Å². The Morgan fingerprint density at radius 2 is 1.65 bits per heavy atom. The number of amides is 1. The van der Waals surface area contributed by atoms with Crippen LogP contribution in [0.3, 0.4) is 0 Å². The van der Waals surface area contributed by atoms with Gasteiger partial charge in [-0.3, -0.25) is 9.59 Å². The van der Waals surface area contributed by atoms with Crippen LogP contribution in [0.15, 0.2) is 0 Å². The van der Waals surface area contributed by atoms with Crippen molar-refractivity contribution in [2.45, 2.75) is 49.8 Å². The molecule has 0 aromatic rings. The maximum atomic E-state index is 11.7. The molecule has 2 unspecified atom stereocenters. The van der Waals surface area contributed by atoms with Gasteiger partial charge in [0.25, 0.3) is 0 Å². The van der Waals surface area contributed by atoms with Crippen molar-refractivity contribution in [3.8, 4) is 0 Å². The normalized spacial score (nSPS) is 33.8. The molecular weight excluding hydrogens is 270 g/mol. The lowest BCUT2D eigenvalue weighted by Gasteiger charge is -2.39. The Kier molecular flexibility index (Phi) is 6.50. The van der Waals surface area contributed by atoms with Crippen LogP contribution in [0.4, 0.5) is 0 Å². The summed E-state index contributed by atoms with van der Waals surface area (Å²) in [5, 5.41) is 40.3. The zero-order chi connectivity index (χ0) is 15.3. The second-order valence-electron chi connectivity index (χ2n) is 4.78. The van der Waals surface area contributed by atoms with Crippen molar-refractivity contribution < 1.29 is 34.8 Å². The molecule has 1 saturated heterocycles. The number of rotatable bonds is 6. The predicted octanol–water partition coefficient (Wildman–Crippen LogP) is -2.69. The number of Topliss-reactive ketones (excluding diaryl/α,β-unsaturated/α-hetero) is 1. The number of carbonyl (C=O) groups is 2. The van der Waals surface area contributed by atoms with Crippen molar-refractivity contribution >= 4 is 11.7 Å². The molecule has 0 spiro atoms. The van der Waals surface area contributed by atoms with Gasteiger partial charge in [-0.05, 0) is 0 Å². The van der Waals surface area contributed by atoms with Crippen molar-refractivity contribution in [2.75, 3.05) is 13.7 Å². The standard InChI is InChI=1S/C12H21NO7/c1-13-9(16)3-2-6(15)4-7-10(17)12(19)11(18)8(5-14)20-7/h7-8,10-12,14,17-19H,2-5H2,1H3,(H,13,16)/t7-,8?,10+,11+,12?/m1/s1. The van der Waals surface area contributed by atoms with E-state index in [1.807, 2.05) is 0 Å². The Morgan fingerprint density at radius 3 is 2.20 bits per heavy atom. The zero-order valence-electron chi connectivity index (χ0n) is 11.2. The molecule has 1 aliphatic rings. The molecule has 0 aromatic carbocycles. The molecule has 0 bridgehead atoms. The van der Waals surface area contributed by atoms with Gasteiger partial charge in [0.15, 0.2) is 0 Å². The van der Waals surface area contributed by atoms with Crippen LogP contribution in [0.2, 0.25) is 0 Å². The Hall–Kier alpha value is -1.06. The van der Waals surface area contributed by atoms with Gasteiger partial charge in [0, 0.05) is 26.3 Å². The van der Waals surface area contributed by atoms with Gasteiger partial charge in [-0.15, -0.1) is 0 Å². The first kappa shape index (κ1) is 17.0. The molecule has 20 heavy (non-hydrogen) atoms. The van der Waals surface area contributed by atoms with E-state index in [1.54, 1.807) is 0 Å². The molecule has 1 rings (SSSR count). The summed E-state index contributed by atoms with van der Waals surface area (Å²) in [5.41, 5.74) is 0. The molecule has 1 aliphatic heterocycles. The third-order valence-electron chi connectivity index (χ3n) is 3.33. The van der Waals surface area contributed by atoms with Crippen LogP contribution in [0.5, 0.6) is 0 Å². The largest absolute Gasteiger partial charge is 0.394 e. The third-order valence-corrected chi connectivity index (χ3v) is 3.33. The zero-order valence-corrected chi connectivity index (χ0v) is 11.2. The van der Waals surface area contributed by atoms with E-state index in [0.29, 0.717) is 0 Å². The number of ketones is 1. The van der Waals surface area contributed by atoms with Gasteiger partial charge in [-0.1, -0.05) is 0 Å². The van der Waals surface area contributed by atoms with Gasteiger partial charge in [-0.25, -0.2) is 0 Å². The highest BCUT2D eigenvalue weighted by atomic mass is 16.5. The van der Waals surface area contributed by atoms with E-state index in [0.717, 1.165) is 0 Å². The fourth-order valence-corrected chi connectivity index (χ4v) is 2.05. The van der Waals surface area contributed by atoms with Gasteiger partial charge in [0.1, 0.15) is 30.2 Å².